The second kappa shape index (κ2) is 10.3. The summed E-state index contributed by atoms with van der Waals surface area (Å²) in [5.41, 5.74) is -0.567. The van der Waals surface area contributed by atoms with E-state index in [9.17, 15) is 4.79 Å². The molecule has 0 aromatic heterocycles. The third-order valence-corrected chi connectivity index (χ3v) is 2.77. The predicted molar refractivity (Wildman–Crippen MR) is 68.5 cm³/mol. The van der Waals surface area contributed by atoms with E-state index in [0.29, 0.717) is 46.1 Å². The highest BCUT2D eigenvalue weighted by atomic mass is 16.5. The number of hydrogen-bond acceptors (Lipinski definition) is 5. The number of ether oxygens (including phenoxy) is 4. The maximum Gasteiger partial charge on any atom is 0.314 e. The molecule has 0 aliphatic rings. The van der Waals surface area contributed by atoms with Gasteiger partial charge in [-0.15, -0.1) is 0 Å². The van der Waals surface area contributed by atoms with Crippen LogP contribution >= 0.6 is 0 Å². The SMILES string of the molecule is CCOC(=O)C(C)(CC)COCCOCCOC. The van der Waals surface area contributed by atoms with Crippen LogP contribution in [0.3, 0.4) is 0 Å². The number of carbonyl (C=O) groups excluding carboxylic acids is 1. The van der Waals surface area contributed by atoms with Crippen LogP contribution in [0.5, 0.6) is 0 Å². The molecule has 5 heteroatoms. The molecule has 0 radical (unpaired) electrons. The van der Waals surface area contributed by atoms with Crippen LogP contribution in [-0.2, 0) is 23.7 Å². The topological polar surface area (TPSA) is 54.0 Å². The molecule has 0 heterocycles. The van der Waals surface area contributed by atoms with E-state index in [-0.39, 0.29) is 5.97 Å². The van der Waals surface area contributed by atoms with Crippen molar-refractivity contribution in [2.45, 2.75) is 27.2 Å². The molecule has 0 N–H and O–H groups in total. The summed E-state index contributed by atoms with van der Waals surface area (Å²) in [5, 5.41) is 0. The Morgan fingerprint density at radius 2 is 1.67 bits per heavy atom. The van der Waals surface area contributed by atoms with Crippen LogP contribution < -0.4 is 0 Å². The Morgan fingerprint density at radius 3 is 2.22 bits per heavy atom. The van der Waals surface area contributed by atoms with Crippen molar-refractivity contribution in [3.63, 3.8) is 0 Å². The molecule has 0 aliphatic heterocycles. The largest absolute Gasteiger partial charge is 0.466 e. The van der Waals surface area contributed by atoms with E-state index in [2.05, 4.69) is 0 Å². The average Bonchev–Trinajstić information content (AvgIpc) is 2.37. The zero-order valence-corrected chi connectivity index (χ0v) is 12.0. The first kappa shape index (κ1) is 17.4. The fourth-order valence-corrected chi connectivity index (χ4v) is 1.27. The van der Waals surface area contributed by atoms with Crippen molar-refractivity contribution in [1.29, 1.82) is 0 Å². The Labute approximate surface area is 110 Å². The van der Waals surface area contributed by atoms with Crippen LogP contribution in [-0.4, -0.2) is 52.7 Å². The predicted octanol–water partition coefficient (Wildman–Crippen LogP) is 1.65. The number of hydrogen-bond donors (Lipinski definition) is 0. The van der Waals surface area contributed by atoms with Gasteiger partial charge < -0.3 is 18.9 Å². The van der Waals surface area contributed by atoms with Crippen LogP contribution in [0.4, 0.5) is 0 Å². The van der Waals surface area contributed by atoms with Crippen molar-refractivity contribution in [2.75, 3.05) is 46.8 Å². The molecule has 0 rings (SSSR count). The Balaban J connectivity index is 3.76. The van der Waals surface area contributed by atoms with Crippen molar-refractivity contribution < 1.29 is 23.7 Å². The molecule has 0 fully saturated rings. The molecule has 18 heavy (non-hydrogen) atoms. The van der Waals surface area contributed by atoms with Gasteiger partial charge in [0, 0.05) is 7.11 Å². The van der Waals surface area contributed by atoms with E-state index in [1.165, 1.54) is 0 Å². The fraction of sp³-hybridized carbons (Fsp3) is 0.923. The van der Waals surface area contributed by atoms with Gasteiger partial charge in [-0.2, -0.15) is 0 Å². The van der Waals surface area contributed by atoms with E-state index in [1.807, 2.05) is 13.8 Å². The van der Waals surface area contributed by atoms with E-state index < -0.39 is 5.41 Å². The van der Waals surface area contributed by atoms with E-state index >= 15 is 0 Å². The highest BCUT2D eigenvalue weighted by Gasteiger charge is 2.33. The molecule has 0 aliphatic carbocycles. The number of carbonyl (C=O) groups is 1. The van der Waals surface area contributed by atoms with Gasteiger partial charge in [-0.3, -0.25) is 4.79 Å². The molecular formula is C13H26O5. The summed E-state index contributed by atoms with van der Waals surface area (Å²) >= 11 is 0. The summed E-state index contributed by atoms with van der Waals surface area (Å²) in [6.07, 6.45) is 0.691. The van der Waals surface area contributed by atoms with Crippen molar-refractivity contribution in [1.82, 2.24) is 0 Å². The maximum atomic E-state index is 11.8. The van der Waals surface area contributed by atoms with Gasteiger partial charge in [-0.1, -0.05) is 6.92 Å². The highest BCUT2D eigenvalue weighted by Crippen LogP contribution is 2.23. The molecule has 0 saturated carbocycles. The van der Waals surface area contributed by atoms with Gasteiger partial charge in [-0.05, 0) is 20.3 Å². The van der Waals surface area contributed by atoms with Gasteiger partial charge in [-0.25, -0.2) is 0 Å². The van der Waals surface area contributed by atoms with Crippen molar-refractivity contribution in [3.8, 4) is 0 Å². The molecule has 0 saturated heterocycles. The normalized spacial score (nSPS) is 14.2. The average molecular weight is 262 g/mol. The number of methoxy groups -OCH3 is 1. The lowest BCUT2D eigenvalue weighted by molar-refractivity contribution is -0.158. The molecule has 1 unspecified atom stereocenters. The van der Waals surface area contributed by atoms with Crippen LogP contribution in [0.2, 0.25) is 0 Å². The molecule has 0 spiro atoms. The maximum absolute atomic E-state index is 11.8. The Morgan fingerprint density at radius 1 is 1.06 bits per heavy atom. The summed E-state index contributed by atoms with van der Waals surface area (Å²) < 4.78 is 20.6. The summed E-state index contributed by atoms with van der Waals surface area (Å²) in [5.74, 6) is -0.201. The van der Waals surface area contributed by atoms with Gasteiger partial charge in [0.05, 0.1) is 45.1 Å². The van der Waals surface area contributed by atoms with Crippen LogP contribution in [0.25, 0.3) is 0 Å². The Kier molecular flexibility index (Phi) is 9.92. The van der Waals surface area contributed by atoms with Gasteiger partial charge >= 0.3 is 5.97 Å². The van der Waals surface area contributed by atoms with E-state index in [1.54, 1.807) is 14.0 Å². The van der Waals surface area contributed by atoms with Gasteiger partial charge in [0.1, 0.15) is 0 Å². The molecule has 0 amide bonds. The molecule has 108 valence electrons. The second-order valence-electron chi connectivity index (χ2n) is 4.29. The lowest BCUT2D eigenvalue weighted by atomic mass is 9.89. The van der Waals surface area contributed by atoms with Gasteiger partial charge in [0.25, 0.3) is 0 Å². The molecule has 0 aromatic carbocycles. The molecular weight excluding hydrogens is 236 g/mol. The summed E-state index contributed by atoms with van der Waals surface area (Å²) in [6, 6.07) is 0. The lowest BCUT2D eigenvalue weighted by Crippen LogP contribution is -2.34. The second-order valence-corrected chi connectivity index (χ2v) is 4.29. The monoisotopic (exact) mass is 262 g/mol. The first-order valence-corrected chi connectivity index (χ1v) is 6.42. The fourth-order valence-electron chi connectivity index (χ4n) is 1.27. The molecule has 0 aromatic rings. The quantitative estimate of drug-likeness (QED) is 0.418. The highest BCUT2D eigenvalue weighted by molar-refractivity contribution is 5.76. The van der Waals surface area contributed by atoms with Gasteiger partial charge in [0.15, 0.2) is 0 Å². The molecule has 5 nitrogen and oxygen atoms in total. The Bertz CT molecular complexity index is 219. The Hall–Kier alpha value is -0.650. The zero-order chi connectivity index (χ0) is 13.9. The van der Waals surface area contributed by atoms with Gasteiger partial charge in [0.2, 0.25) is 0 Å². The van der Waals surface area contributed by atoms with Crippen LogP contribution in [0.15, 0.2) is 0 Å². The van der Waals surface area contributed by atoms with E-state index in [4.69, 9.17) is 18.9 Å². The standard InChI is InChI=1S/C13H26O5/c1-5-13(3,12(14)18-6-2)11-17-10-9-16-8-7-15-4/h5-11H2,1-4H3. The summed E-state index contributed by atoms with van der Waals surface area (Å²) in [6.45, 7) is 8.48. The number of esters is 1. The lowest BCUT2D eigenvalue weighted by Gasteiger charge is -2.25. The van der Waals surface area contributed by atoms with Crippen LogP contribution in [0, 0.1) is 5.41 Å². The van der Waals surface area contributed by atoms with Crippen molar-refractivity contribution in [3.05, 3.63) is 0 Å². The first-order chi connectivity index (χ1) is 8.60. The summed E-state index contributed by atoms with van der Waals surface area (Å²) in [7, 11) is 1.63. The molecule has 0 bridgehead atoms. The first-order valence-electron chi connectivity index (χ1n) is 6.42. The van der Waals surface area contributed by atoms with Crippen molar-refractivity contribution in [2.24, 2.45) is 5.41 Å². The third kappa shape index (κ3) is 6.93. The van der Waals surface area contributed by atoms with Crippen molar-refractivity contribution >= 4 is 5.97 Å². The van der Waals surface area contributed by atoms with Crippen LogP contribution in [0.1, 0.15) is 27.2 Å². The molecule has 1 atom stereocenters. The minimum atomic E-state index is -0.567. The number of rotatable bonds is 11. The third-order valence-electron chi connectivity index (χ3n) is 2.77. The minimum absolute atomic E-state index is 0.201. The smallest absolute Gasteiger partial charge is 0.314 e. The summed E-state index contributed by atoms with van der Waals surface area (Å²) in [4.78, 5) is 11.8. The minimum Gasteiger partial charge on any atom is -0.466 e. The van der Waals surface area contributed by atoms with E-state index in [0.717, 1.165) is 0 Å². The zero-order valence-electron chi connectivity index (χ0n) is 12.0.